The maximum absolute atomic E-state index is 13.4. The molecule has 20 heavy (non-hydrogen) atoms. The van der Waals surface area contributed by atoms with Crippen LogP contribution in [0.2, 0.25) is 0 Å². The number of hydrogen-bond donors (Lipinski definition) is 0. The van der Waals surface area contributed by atoms with Crippen molar-refractivity contribution in [1.82, 2.24) is 0 Å². The van der Waals surface area contributed by atoms with Crippen molar-refractivity contribution >= 4 is 5.97 Å². The molecule has 0 unspecified atom stereocenters. The Morgan fingerprint density at radius 2 is 1.60 bits per heavy atom. The number of rotatable bonds is 2. The molecule has 1 fully saturated rings. The third-order valence-electron chi connectivity index (χ3n) is 3.70. The van der Waals surface area contributed by atoms with Crippen LogP contribution in [0, 0.1) is 17.0 Å². The van der Waals surface area contributed by atoms with Gasteiger partial charge in [0.25, 0.3) is 0 Å². The lowest BCUT2D eigenvalue weighted by atomic mass is 9.90. The van der Waals surface area contributed by atoms with Crippen LogP contribution < -0.4 is 0 Å². The van der Waals surface area contributed by atoms with Crippen molar-refractivity contribution in [3.05, 3.63) is 35.4 Å². The number of carbonyl (C=O) groups is 1. The molecular weight excluding hydrogens is 262 g/mol. The Labute approximate surface area is 118 Å². The van der Waals surface area contributed by atoms with Crippen LogP contribution in [0.25, 0.3) is 0 Å². The van der Waals surface area contributed by atoms with Crippen LogP contribution in [0.1, 0.15) is 52.0 Å². The highest BCUT2D eigenvalue weighted by molar-refractivity contribution is 5.76. The fraction of sp³-hybridized carbons (Fsp3) is 0.562. The van der Waals surface area contributed by atoms with E-state index < -0.39 is 22.7 Å². The van der Waals surface area contributed by atoms with Gasteiger partial charge in [-0.15, -0.1) is 0 Å². The number of halogens is 2. The van der Waals surface area contributed by atoms with Gasteiger partial charge in [0.2, 0.25) is 0 Å². The lowest BCUT2D eigenvalue weighted by molar-refractivity contribution is -0.170. The van der Waals surface area contributed by atoms with Crippen LogP contribution in [0.5, 0.6) is 0 Å². The first-order valence-corrected chi connectivity index (χ1v) is 6.93. The largest absolute Gasteiger partial charge is 0.454 e. The maximum Gasteiger partial charge on any atom is 0.312 e. The molecule has 0 spiro atoms. The molecule has 0 aliphatic heterocycles. The van der Waals surface area contributed by atoms with Gasteiger partial charge < -0.3 is 4.74 Å². The molecule has 1 aromatic rings. The standard InChI is InChI=1S/C16H20F2O2/c1-15(2,3)14(19)20-16(6-4-5-7-16)11-8-12(17)10-13(18)9-11/h8-10H,4-7H2,1-3H3. The summed E-state index contributed by atoms with van der Waals surface area (Å²) in [5, 5.41) is 0. The highest BCUT2D eigenvalue weighted by atomic mass is 19.1. The van der Waals surface area contributed by atoms with Crippen LogP contribution in [0.3, 0.4) is 0 Å². The Balaban J connectivity index is 2.37. The Kier molecular flexibility index (Phi) is 3.85. The molecule has 0 aromatic heterocycles. The van der Waals surface area contributed by atoms with E-state index in [0.29, 0.717) is 18.4 Å². The van der Waals surface area contributed by atoms with Crippen LogP contribution in [-0.4, -0.2) is 5.97 Å². The first kappa shape index (κ1) is 14.9. The molecule has 2 nitrogen and oxygen atoms in total. The molecule has 2 rings (SSSR count). The first-order valence-electron chi connectivity index (χ1n) is 6.93. The van der Waals surface area contributed by atoms with Gasteiger partial charge in [0.15, 0.2) is 0 Å². The molecule has 110 valence electrons. The topological polar surface area (TPSA) is 26.3 Å². The summed E-state index contributed by atoms with van der Waals surface area (Å²) in [6, 6.07) is 3.37. The molecule has 1 aliphatic carbocycles. The minimum absolute atomic E-state index is 0.343. The highest BCUT2D eigenvalue weighted by Gasteiger charge is 2.42. The van der Waals surface area contributed by atoms with E-state index in [0.717, 1.165) is 18.9 Å². The third kappa shape index (κ3) is 3.00. The molecule has 0 atom stereocenters. The van der Waals surface area contributed by atoms with E-state index in [1.54, 1.807) is 20.8 Å². The number of hydrogen-bond acceptors (Lipinski definition) is 2. The molecule has 1 aromatic carbocycles. The predicted molar refractivity (Wildman–Crippen MR) is 72.1 cm³/mol. The fourth-order valence-corrected chi connectivity index (χ4v) is 2.54. The summed E-state index contributed by atoms with van der Waals surface area (Å²) >= 11 is 0. The lowest BCUT2D eigenvalue weighted by Gasteiger charge is -2.32. The SMILES string of the molecule is CC(C)(C)C(=O)OC1(c2cc(F)cc(F)c2)CCCC1. The Morgan fingerprint density at radius 3 is 2.05 bits per heavy atom. The number of carbonyl (C=O) groups excluding carboxylic acids is 1. The molecular formula is C16H20F2O2. The van der Waals surface area contributed by atoms with E-state index in [2.05, 4.69) is 0 Å². The quantitative estimate of drug-likeness (QED) is 0.755. The van der Waals surface area contributed by atoms with Crippen molar-refractivity contribution in [3.63, 3.8) is 0 Å². The average molecular weight is 282 g/mol. The van der Waals surface area contributed by atoms with Gasteiger partial charge in [-0.2, -0.15) is 0 Å². The van der Waals surface area contributed by atoms with E-state index in [9.17, 15) is 13.6 Å². The Morgan fingerprint density at radius 1 is 1.10 bits per heavy atom. The van der Waals surface area contributed by atoms with Gasteiger partial charge in [0.1, 0.15) is 17.2 Å². The summed E-state index contributed by atoms with van der Waals surface area (Å²) in [7, 11) is 0. The summed E-state index contributed by atoms with van der Waals surface area (Å²) in [4.78, 5) is 12.2. The minimum atomic E-state index is -0.882. The molecule has 0 N–H and O–H groups in total. The van der Waals surface area contributed by atoms with Crippen LogP contribution in [-0.2, 0) is 15.1 Å². The average Bonchev–Trinajstić information content (AvgIpc) is 2.76. The number of ether oxygens (including phenoxy) is 1. The maximum atomic E-state index is 13.4. The highest BCUT2D eigenvalue weighted by Crippen LogP contribution is 2.43. The molecule has 0 heterocycles. The Hall–Kier alpha value is -1.45. The van der Waals surface area contributed by atoms with Crippen LogP contribution in [0.15, 0.2) is 18.2 Å². The third-order valence-corrected chi connectivity index (χ3v) is 3.70. The lowest BCUT2D eigenvalue weighted by Crippen LogP contribution is -2.35. The van der Waals surface area contributed by atoms with Gasteiger partial charge in [-0.1, -0.05) is 0 Å². The second-order valence-electron chi connectivity index (χ2n) is 6.50. The van der Waals surface area contributed by atoms with Crippen molar-refractivity contribution in [2.45, 2.75) is 52.1 Å². The van der Waals surface area contributed by atoms with Gasteiger partial charge in [0, 0.05) is 11.6 Å². The Bertz CT molecular complexity index is 491. The van der Waals surface area contributed by atoms with Crippen molar-refractivity contribution in [2.24, 2.45) is 5.41 Å². The van der Waals surface area contributed by atoms with Crippen molar-refractivity contribution in [3.8, 4) is 0 Å². The fourth-order valence-electron chi connectivity index (χ4n) is 2.54. The normalized spacial score (nSPS) is 18.1. The van der Waals surface area contributed by atoms with Crippen molar-refractivity contribution < 1.29 is 18.3 Å². The zero-order valence-electron chi connectivity index (χ0n) is 12.1. The summed E-state index contributed by atoms with van der Waals surface area (Å²) in [5.74, 6) is -1.62. The van der Waals surface area contributed by atoms with Crippen LogP contribution >= 0.6 is 0 Å². The van der Waals surface area contributed by atoms with Gasteiger partial charge in [-0.3, -0.25) is 4.79 Å². The van der Waals surface area contributed by atoms with Crippen LogP contribution in [0.4, 0.5) is 8.78 Å². The van der Waals surface area contributed by atoms with E-state index >= 15 is 0 Å². The summed E-state index contributed by atoms with van der Waals surface area (Å²) in [6.07, 6.45) is 2.99. The number of benzene rings is 1. The molecule has 1 saturated carbocycles. The summed E-state index contributed by atoms with van der Waals surface area (Å²) < 4.78 is 32.6. The summed E-state index contributed by atoms with van der Waals surface area (Å²) in [6.45, 7) is 5.30. The second kappa shape index (κ2) is 5.15. The zero-order chi connectivity index (χ0) is 15.0. The first-order chi connectivity index (χ1) is 9.23. The minimum Gasteiger partial charge on any atom is -0.454 e. The summed E-state index contributed by atoms with van der Waals surface area (Å²) in [5.41, 5.74) is -1.10. The molecule has 4 heteroatoms. The molecule has 0 amide bonds. The van der Waals surface area contributed by atoms with E-state index in [4.69, 9.17) is 4.74 Å². The van der Waals surface area contributed by atoms with Gasteiger partial charge in [-0.25, -0.2) is 8.78 Å². The molecule has 0 radical (unpaired) electrons. The smallest absolute Gasteiger partial charge is 0.312 e. The van der Waals surface area contributed by atoms with Gasteiger partial charge in [0.05, 0.1) is 5.41 Å². The van der Waals surface area contributed by atoms with Gasteiger partial charge >= 0.3 is 5.97 Å². The van der Waals surface area contributed by atoms with Gasteiger partial charge in [-0.05, 0) is 58.6 Å². The molecule has 1 aliphatic rings. The van der Waals surface area contributed by atoms with Crippen molar-refractivity contribution in [1.29, 1.82) is 0 Å². The van der Waals surface area contributed by atoms with E-state index in [1.165, 1.54) is 12.1 Å². The molecule has 0 saturated heterocycles. The van der Waals surface area contributed by atoms with E-state index in [1.807, 2.05) is 0 Å². The van der Waals surface area contributed by atoms with E-state index in [-0.39, 0.29) is 5.97 Å². The second-order valence-corrected chi connectivity index (χ2v) is 6.50. The number of esters is 1. The molecule has 0 bridgehead atoms. The predicted octanol–water partition coefficient (Wildman–Crippen LogP) is 4.32. The monoisotopic (exact) mass is 282 g/mol. The zero-order valence-corrected chi connectivity index (χ0v) is 12.1. The van der Waals surface area contributed by atoms with Crippen molar-refractivity contribution in [2.75, 3.05) is 0 Å².